The van der Waals surface area contributed by atoms with Crippen LogP contribution in [0.15, 0.2) is 48.5 Å². The van der Waals surface area contributed by atoms with Crippen molar-refractivity contribution in [1.82, 2.24) is 0 Å². The van der Waals surface area contributed by atoms with E-state index in [1.807, 2.05) is 49.4 Å². The maximum Gasteiger partial charge on any atom is 0.171 e. The third-order valence-corrected chi connectivity index (χ3v) is 3.03. The monoisotopic (exact) mass is 270 g/mol. The topological polar surface area (TPSA) is 35.5 Å². The Morgan fingerprint density at radius 3 is 2.35 bits per heavy atom. The first-order chi connectivity index (χ1) is 9.76. The summed E-state index contributed by atoms with van der Waals surface area (Å²) < 4.78 is 10.8. The van der Waals surface area contributed by atoms with Gasteiger partial charge in [0.05, 0.1) is 19.3 Å². The van der Waals surface area contributed by atoms with Crippen molar-refractivity contribution in [2.24, 2.45) is 0 Å². The van der Waals surface area contributed by atoms with Gasteiger partial charge >= 0.3 is 0 Å². The van der Waals surface area contributed by atoms with Gasteiger partial charge in [-0.2, -0.15) is 0 Å². The first-order valence-corrected chi connectivity index (χ1v) is 6.63. The lowest BCUT2D eigenvalue weighted by atomic mass is 10.0. The molecule has 0 amide bonds. The minimum Gasteiger partial charge on any atom is -0.496 e. The van der Waals surface area contributed by atoms with E-state index in [2.05, 4.69) is 0 Å². The highest BCUT2D eigenvalue weighted by Crippen LogP contribution is 2.23. The van der Waals surface area contributed by atoms with E-state index >= 15 is 0 Å². The Balaban J connectivity index is 2.24. The Kier molecular flexibility index (Phi) is 4.77. The molecule has 104 valence electrons. The van der Waals surface area contributed by atoms with Crippen LogP contribution in [0, 0.1) is 0 Å². The Hall–Kier alpha value is -2.29. The fourth-order valence-corrected chi connectivity index (χ4v) is 2.10. The molecule has 2 aromatic carbocycles. The van der Waals surface area contributed by atoms with Gasteiger partial charge in [0, 0.05) is 12.0 Å². The average molecular weight is 270 g/mol. The Labute approximate surface area is 119 Å². The maximum atomic E-state index is 12.4. The second-order valence-electron chi connectivity index (χ2n) is 4.34. The highest BCUT2D eigenvalue weighted by molar-refractivity contribution is 6.00. The molecular weight excluding hydrogens is 252 g/mol. The Morgan fingerprint density at radius 1 is 1.00 bits per heavy atom. The van der Waals surface area contributed by atoms with Crippen LogP contribution in [0.4, 0.5) is 0 Å². The Morgan fingerprint density at radius 2 is 1.65 bits per heavy atom. The molecule has 0 fully saturated rings. The smallest absolute Gasteiger partial charge is 0.171 e. The first kappa shape index (κ1) is 14.1. The van der Waals surface area contributed by atoms with E-state index in [0.29, 0.717) is 24.3 Å². The third kappa shape index (κ3) is 3.18. The van der Waals surface area contributed by atoms with Crippen LogP contribution in [0.1, 0.15) is 22.8 Å². The van der Waals surface area contributed by atoms with E-state index in [1.54, 1.807) is 13.2 Å². The lowest BCUT2D eigenvalue weighted by Crippen LogP contribution is -2.07. The van der Waals surface area contributed by atoms with Gasteiger partial charge in [0.15, 0.2) is 5.78 Å². The fraction of sp³-hybridized carbons (Fsp3) is 0.235. The summed E-state index contributed by atoms with van der Waals surface area (Å²) in [4.78, 5) is 12.4. The van der Waals surface area contributed by atoms with Gasteiger partial charge in [0.2, 0.25) is 0 Å². The number of benzene rings is 2. The van der Waals surface area contributed by atoms with Crippen molar-refractivity contribution in [3.8, 4) is 11.5 Å². The van der Waals surface area contributed by atoms with Crippen molar-refractivity contribution in [2.75, 3.05) is 13.7 Å². The number of carbonyl (C=O) groups is 1. The largest absolute Gasteiger partial charge is 0.496 e. The van der Waals surface area contributed by atoms with Crippen molar-refractivity contribution < 1.29 is 14.3 Å². The molecule has 3 nitrogen and oxygen atoms in total. The van der Waals surface area contributed by atoms with E-state index in [4.69, 9.17) is 9.47 Å². The number of ketones is 1. The van der Waals surface area contributed by atoms with Gasteiger partial charge in [0.1, 0.15) is 11.5 Å². The van der Waals surface area contributed by atoms with Gasteiger partial charge in [-0.25, -0.2) is 0 Å². The van der Waals surface area contributed by atoms with Gasteiger partial charge in [-0.05, 0) is 25.1 Å². The molecule has 20 heavy (non-hydrogen) atoms. The lowest BCUT2D eigenvalue weighted by Gasteiger charge is -2.10. The van der Waals surface area contributed by atoms with Crippen LogP contribution in [0.3, 0.4) is 0 Å². The van der Waals surface area contributed by atoms with Crippen molar-refractivity contribution in [3.05, 3.63) is 59.7 Å². The molecule has 0 spiro atoms. The highest BCUT2D eigenvalue weighted by Gasteiger charge is 2.14. The summed E-state index contributed by atoms with van der Waals surface area (Å²) in [5, 5.41) is 0. The van der Waals surface area contributed by atoms with Crippen LogP contribution >= 0.6 is 0 Å². The predicted molar refractivity (Wildman–Crippen MR) is 78.6 cm³/mol. The number of hydrogen-bond donors (Lipinski definition) is 0. The van der Waals surface area contributed by atoms with Crippen LogP contribution < -0.4 is 9.47 Å². The molecule has 0 radical (unpaired) electrons. The quantitative estimate of drug-likeness (QED) is 0.753. The van der Waals surface area contributed by atoms with Crippen LogP contribution in [-0.4, -0.2) is 19.5 Å². The second-order valence-corrected chi connectivity index (χ2v) is 4.34. The molecule has 3 heteroatoms. The number of ether oxygens (including phenoxy) is 2. The standard InChI is InChI=1S/C17H18O3/c1-3-20-17-11-7-5-9-14(17)15(18)12-13-8-4-6-10-16(13)19-2/h4-11H,3,12H2,1-2H3. The lowest BCUT2D eigenvalue weighted by molar-refractivity contribution is 0.0988. The van der Waals surface area contributed by atoms with E-state index in [1.165, 1.54) is 0 Å². The molecule has 0 saturated heterocycles. The number of hydrogen-bond acceptors (Lipinski definition) is 3. The van der Waals surface area contributed by atoms with Crippen LogP contribution in [0.5, 0.6) is 11.5 Å². The van der Waals surface area contributed by atoms with Crippen LogP contribution in [-0.2, 0) is 6.42 Å². The highest BCUT2D eigenvalue weighted by atomic mass is 16.5. The maximum absolute atomic E-state index is 12.4. The molecule has 2 aromatic rings. The molecule has 2 rings (SSSR count). The molecular formula is C17H18O3. The van der Waals surface area contributed by atoms with Crippen molar-refractivity contribution in [3.63, 3.8) is 0 Å². The van der Waals surface area contributed by atoms with Gasteiger partial charge in [-0.1, -0.05) is 30.3 Å². The summed E-state index contributed by atoms with van der Waals surface area (Å²) >= 11 is 0. The summed E-state index contributed by atoms with van der Waals surface area (Å²) in [6.45, 7) is 2.44. The van der Waals surface area contributed by atoms with Crippen LogP contribution in [0.25, 0.3) is 0 Å². The number of Topliss-reactive ketones (excluding diaryl/α,β-unsaturated/α-hetero) is 1. The number of rotatable bonds is 6. The molecule has 0 heterocycles. The SMILES string of the molecule is CCOc1ccccc1C(=O)Cc1ccccc1OC. The average Bonchev–Trinajstić information content (AvgIpc) is 2.48. The zero-order valence-corrected chi connectivity index (χ0v) is 11.8. The van der Waals surface area contributed by atoms with E-state index < -0.39 is 0 Å². The van der Waals surface area contributed by atoms with E-state index in [-0.39, 0.29) is 5.78 Å². The van der Waals surface area contributed by atoms with Crippen LogP contribution in [0.2, 0.25) is 0 Å². The summed E-state index contributed by atoms with van der Waals surface area (Å²) in [6.07, 6.45) is 0.300. The summed E-state index contributed by atoms with van der Waals surface area (Å²) in [5.74, 6) is 1.39. The fourth-order valence-electron chi connectivity index (χ4n) is 2.10. The number of para-hydroxylation sites is 2. The van der Waals surface area contributed by atoms with Crippen molar-refractivity contribution >= 4 is 5.78 Å². The van der Waals surface area contributed by atoms with Gasteiger partial charge in [0.25, 0.3) is 0 Å². The minimum absolute atomic E-state index is 0.0264. The van der Waals surface area contributed by atoms with Crippen molar-refractivity contribution in [2.45, 2.75) is 13.3 Å². The second kappa shape index (κ2) is 6.75. The molecule has 0 saturated carbocycles. The Bertz CT molecular complexity index is 590. The van der Waals surface area contributed by atoms with Crippen molar-refractivity contribution in [1.29, 1.82) is 0 Å². The van der Waals surface area contributed by atoms with Gasteiger partial charge in [-0.15, -0.1) is 0 Å². The van der Waals surface area contributed by atoms with E-state index in [9.17, 15) is 4.79 Å². The number of carbonyl (C=O) groups excluding carboxylic acids is 1. The number of methoxy groups -OCH3 is 1. The normalized spacial score (nSPS) is 10.1. The third-order valence-electron chi connectivity index (χ3n) is 3.03. The van der Waals surface area contributed by atoms with Gasteiger partial charge in [-0.3, -0.25) is 4.79 Å². The molecule has 0 aromatic heterocycles. The first-order valence-electron chi connectivity index (χ1n) is 6.63. The molecule has 0 unspecified atom stereocenters. The molecule has 0 atom stereocenters. The molecule has 0 aliphatic heterocycles. The van der Waals surface area contributed by atoms with E-state index in [0.717, 1.165) is 11.3 Å². The molecule has 0 N–H and O–H groups in total. The zero-order chi connectivity index (χ0) is 14.4. The summed E-state index contributed by atoms with van der Waals surface area (Å²) in [6, 6.07) is 14.9. The predicted octanol–water partition coefficient (Wildman–Crippen LogP) is 3.52. The molecule has 0 aliphatic carbocycles. The summed E-state index contributed by atoms with van der Waals surface area (Å²) in [5.41, 5.74) is 1.49. The minimum atomic E-state index is 0.0264. The van der Waals surface area contributed by atoms with Gasteiger partial charge < -0.3 is 9.47 Å². The zero-order valence-electron chi connectivity index (χ0n) is 11.8. The molecule has 0 bridgehead atoms. The summed E-state index contributed by atoms with van der Waals surface area (Å²) in [7, 11) is 1.61. The molecule has 0 aliphatic rings.